The van der Waals surface area contributed by atoms with E-state index in [2.05, 4.69) is 10.3 Å². The second-order valence-corrected chi connectivity index (χ2v) is 7.67. The molecule has 2 N–H and O–H groups in total. The van der Waals surface area contributed by atoms with E-state index in [4.69, 9.17) is 0 Å². The molecule has 1 aliphatic rings. The second-order valence-electron chi connectivity index (χ2n) is 4.51. The average molecular weight is 303 g/mol. The summed E-state index contributed by atoms with van der Waals surface area (Å²) in [4.78, 5) is 3.41. The van der Waals surface area contributed by atoms with Crippen LogP contribution in [0.25, 0.3) is 0 Å². The summed E-state index contributed by atoms with van der Waals surface area (Å²) in [5, 5.41) is 3.18. The maximum atomic E-state index is 12.5. The summed E-state index contributed by atoms with van der Waals surface area (Å²) in [6, 6.07) is 1.73. The molecule has 0 radical (unpaired) electrons. The van der Waals surface area contributed by atoms with E-state index in [1.807, 2.05) is 18.7 Å². The molecule has 7 heteroatoms. The monoisotopic (exact) mass is 303 g/mol. The van der Waals surface area contributed by atoms with Crippen molar-refractivity contribution in [2.45, 2.75) is 24.8 Å². The maximum Gasteiger partial charge on any atom is 0.244 e. The minimum Gasteiger partial charge on any atom is -0.363 e. The first-order valence-corrected chi connectivity index (χ1v) is 9.20. The zero-order chi connectivity index (χ0) is 13.7. The molecular formula is C12H21N3O2S2. The van der Waals surface area contributed by atoms with Crippen LogP contribution in [0.15, 0.2) is 17.2 Å². The first-order valence-electron chi connectivity index (χ1n) is 6.60. The highest BCUT2D eigenvalue weighted by atomic mass is 32.2. The van der Waals surface area contributed by atoms with Crippen molar-refractivity contribution < 1.29 is 8.42 Å². The van der Waals surface area contributed by atoms with Crippen molar-refractivity contribution in [1.82, 2.24) is 14.6 Å². The van der Waals surface area contributed by atoms with Gasteiger partial charge in [-0.2, -0.15) is 16.1 Å². The topological polar surface area (TPSA) is 65.2 Å². The molecule has 0 aliphatic carbocycles. The molecule has 1 aliphatic heterocycles. The van der Waals surface area contributed by atoms with Crippen LogP contribution in [0.2, 0.25) is 0 Å². The van der Waals surface area contributed by atoms with Gasteiger partial charge in [0.1, 0.15) is 0 Å². The molecule has 0 aromatic carbocycles. The average Bonchev–Trinajstić information content (AvgIpc) is 2.70. The lowest BCUT2D eigenvalue weighted by molar-refractivity contribution is 0.435. The summed E-state index contributed by atoms with van der Waals surface area (Å²) < 4.78 is 26.6. The zero-order valence-corrected chi connectivity index (χ0v) is 12.8. The van der Waals surface area contributed by atoms with E-state index < -0.39 is 10.0 Å². The van der Waals surface area contributed by atoms with Crippen LogP contribution in [-0.4, -0.2) is 48.8 Å². The van der Waals surface area contributed by atoms with Crippen molar-refractivity contribution >= 4 is 21.8 Å². The molecule has 0 unspecified atom stereocenters. The molecule has 1 aromatic heterocycles. The molecule has 1 saturated heterocycles. The molecule has 0 saturated carbocycles. The lowest BCUT2D eigenvalue weighted by Gasteiger charge is -2.18. The number of thioether (sulfide) groups is 1. The van der Waals surface area contributed by atoms with Gasteiger partial charge in [0.25, 0.3) is 0 Å². The summed E-state index contributed by atoms with van der Waals surface area (Å²) in [7, 11) is -3.33. The highest BCUT2D eigenvalue weighted by Gasteiger charge is 2.26. The van der Waals surface area contributed by atoms with Crippen molar-refractivity contribution in [3.05, 3.63) is 18.0 Å². The van der Waals surface area contributed by atoms with Gasteiger partial charge in [0.2, 0.25) is 10.0 Å². The van der Waals surface area contributed by atoms with Crippen LogP contribution in [0.4, 0.5) is 0 Å². The number of rotatable bonds is 5. The lowest BCUT2D eigenvalue weighted by Crippen LogP contribution is -2.32. The zero-order valence-electron chi connectivity index (χ0n) is 11.2. The highest BCUT2D eigenvalue weighted by Crippen LogP contribution is 2.20. The molecule has 2 heterocycles. The smallest absolute Gasteiger partial charge is 0.244 e. The Balaban J connectivity index is 2.11. The predicted octanol–water partition coefficient (Wildman–Crippen LogP) is 1.25. The Morgan fingerprint density at radius 2 is 2.26 bits per heavy atom. The first-order chi connectivity index (χ1) is 9.14. The van der Waals surface area contributed by atoms with Gasteiger partial charge in [-0.05, 0) is 24.8 Å². The van der Waals surface area contributed by atoms with Gasteiger partial charge >= 0.3 is 0 Å². The highest BCUT2D eigenvalue weighted by molar-refractivity contribution is 7.99. The fourth-order valence-corrected chi connectivity index (χ4v) is 4.54. The second kappa shape index (κ2) is 6.78. The molecule has 0 spiro atoms. The van der Waals surface area contributed by atoms with E-state index in [9.17, 15) is 8.42 Å². The molecule has 108 valence electrons. The fraction of sp³-hybridized carbons (Fsp3) is 0.667. The van der Waals surface area contributed by atoms with Crippen LogP contribution in [0.1, 0.15) is 19.0 Å². The van der Waals surface area contributed by atoms with E-state index in [1.165, 1.54) is 0 Å². The molecule has 1 aromatic rings. The third kappa shape index (κ3) is 3.75. The van der Waals surface area contributed by atoms with Crippen molar-refractivity contribution in [2.24, 2.45) is 0 Å². The summed E-state index contributed by atoms with van der Waals surface area (Å²) in [5.74, 6) is 1.93. The van der Waals surface area contributed by atoms with Crippen LogP contribution in [0, 0.1) is 0 Å². The minimum atomic E-state index is -3.33. The van der Waals surface area contributed by atoms with Gasteiger partial charge < -0.3 is 10.3 Å². The van der Waals surface area contributed by atoms with Crippen LogP contribution >= 0.6 is 11.8 Å². The van der Waals surface area contributed by atoms with Gasteiger partial charge in [-0.15, -0.1) is 0 Å². The summed E-state index contributed by atoms with van der Waals surface area (Å²) in [5.41, 5.74) is 0.907. The summed E-state index contributed by atoms with van der Waals surface area (Å²) in [6.07, 6.45) is 2.53. The van der Waals surface area contributed by atoms with Gasteiger partial charge in [0, 0.05) is 37.3 Å². The SMILES string of the molecule is CCNCc1cc(S(=O)(=O)N2CCCSCC2)c[nH]1. The van der Waals surface area contributed by atoms with E-state index in [-0.39, 0.29) is 0 Å². The fourth-order valence-electron chi connectivity index (χ4n) is 2.04. The molecule has 5 nitrogen and oxygen atoms in total. The molecule has 0 atom stereocenters. The number of hydrogen-bond acceptors (Lipinski definition) is 4. The van der Waals surface area contributed by atoms with E-state index in [0.717, 1.165) is 30.2 Å². The Morgan fingerprint density at radius 1 is 1.42 bits per heavy atom. The van der Waals surface area contributed by atoms with Crippen molar-refractivity contribution in [1.29, 1.82) is 0 Å². The third-order valence-corrected chi connectivity index (χ3v) is 6.03. The number of nitrogens with one attached hydrogen (secondary N) is 2. The molecule has 2 rings (SSSR count). The summed E-state index contributed by atoms with van der Waals surface area (Å²) >= 11 is 1.82. The number of H-pyrrole nitrogens is 1. The van der Waals surface area contributed by atoms with Crippen LogP contribution in [0.5, 0.6) is 0 Å². The minimum absolute atomic E-state index is 0.382. The number of sulfonamides is 1. The van der Waals surface area contributed by atoms with Gasteiger partial charge in [0.05, 0.1) is 4.90 Å². The van der Waals surface area contributed by atoms with Crippen molar-refractivity contribution in [3.63, 3.8) is 0 Å². The quantitative estimate of drug-likeness (QED) is 0.859. The molecular weight excluding hydrogens is 282 g/mol. The Bertz CT molecular complexity index is 491. The normalized spacial score (nSPS) is 18.4. The van der Waals surface area contributed by atoms with E-state index in [0.29, 0.717) is 24.5 Å². The van der Waals surface area contributed by atoms with Crippen LogP contribution in [0.3, 0.4) is 0 Å². The van der Waals surface area contributed by atoms with Gasteiger partial charge in [-0.25, -0.2) is 8.42 Å². The standard InChI is InChI=1S/C12H21N3O2S2/c1-2-13-9-11-8-12(10-14-11)19(16,17)15-4-3-6-18-7-5-15/h8,10,13-14H,2-7,9H2,1H3. The Labute approximate surface area is 119 Å². The molecule has 1 fully saturated rings. The first kappa shape index (κ1) is 14.9. The van der Waals surface area contributed by atoms with Gasteiger partial charge in [0.15, 0.2) is 0 Å². The third-order valence-electron chi connectivity index (χ3n) is 3.10. The molecule has 19 heavy (non-hydrogen) atoms. The van der Waals surface area contributed by atoms with Gasteiger partial charge in [-0.3, -0.25) is 0 Å². The number of hydrogen-bond donors (Lipinski definition) is 2. The Hall–Kier alpha value is -0.500. The molecule has 0 bridgehead atoms. The number of aromatic nitrogens is 1. The lowest BCUT2D eigenvalue weighted by atomic mass is 10.4. The van der Waals surface area contributed by atoms with Crippen molar-refractivity contribution in [3.8, 4) is 0 Å². The van der Waals surface area contributed by atoms with Gasteiger partial charge in [-0.1, -0.05) is 6.92 Å². The Morgan fingerprint density at radius 3 is 3.05 bits per heavy atom. The summed E-state index contributed by atoms with van der Waals surface area (Å²) in [6.45, 7) is 4.80. The number of nitrogens with zero attached hydrogens (tertiary/aromatic N) is 1. The Kier molecular flexibility index (Phi) is 5.32. The van der Waals surface area contributed by atoms with E-state index in [1.54, 1.807) is 16.6 Å². The van der Waals surface area contributed by atoms with Crippen molar-refractivity contribution in [2.75, 3.05) is 31.1 Å². The van der Waals surface area contributed by atoms with Crippen LogP contribution < -0.4 is 5.32 Å². The number of aromatic amines is 1. The largest absolute Gasteiger partial charge is 0.363 e. The predicted molar refractivity (Wildman–Crippen MR) is 78.9 cm³/mol. The molecule has 0 amide bonds. The van der Waals surface area contributed by atoms with E-state index >= 15 is 0 Å². The van der Waals surface area contributed by atoms with Crippen LogP contribution in [-0.2, 0) is 16.6 Å². The maximum absolute atomic E-state index is 12.5.